The Bertz CT molecular complexity index is 337. The number of benzene rings is 1. The maximum Gasteiger partial charge on any atom is 0.165 e. The Kier molecular flexibility index (Phi) is 5.54. The molecule has 0 amide bonds. The maximum absolute atomic E-state index is 13.3. The topological polar surface area (TPSA) is 26.3 Å². The molecule has 1 aromatic rings. The molecule has 0 unspecified atom stereocenters. The standard InChI is InChI=1S/C13H17FO2/c1-2-3-4-5-9-16-13-11(10-15)7-6-8-12(13)14/h6-8,10H,2-5,9H2,1H3. The number of hydrogen-bond acceptors (Lipinski definition) is 2. The average molecular weight is 224 g/mol. The smallest absolute Gasteiger partial charge is 0.165 e. The van der Waals surface area contributed by atoms with Gasteiger partial charge in [-0.05, 0) is 18.6 Å². The molecule has 0 bridgehead atoms. The van der Waals surface area contributed by atoms with Crippen LogP contribution >= 0.6 is 0 Å². The molecule has 3 heteroatoms. The first kappa shape index (κ1) is 12.7. The van der Waals surface area contributed by atoms with E-state index in [9.17, 15) is 9.18 Å². The molecule has 0 N–H and O–H groups in total. The van der Waals surface area contributed by atoms with Crippen molar-refractivity contribution in [2.45, 2.75) is 32.6 Å². The van der Waals surface area contributed by atoms with E-state index < -0.39 is 5.82 Å². The molecule has 16 heavy (non-hydrogen) atoms. The first-order valence-electron chi connectivity index (χ1n) is 5.66. The van der Waals surface area contributed by atoms with Gasteiger partial charge in [0.25, 0.3) is 0 Å². The zero-order chi connectivity index (χ0) is 11.8. The Balaban J connectivity index is 2.49. The Morgan fingerprint density at radius 1 is 1.31 bits per heavy atom. The highest BCUT2D eigenvalue weighted by Crippen LogP contribution is 2.21. The maximum atomic E-state index is 13.3. The quantitative estimate of drug-likeness (QED) is 0.522. The van der Waals surface area contributed by atoms with E-state index >= 15 is 0 Å². The number of para-hydroxylation sites is 1. The number of halogens is 1. The molecule has 0 aliphatic heterocycles. The minimum atomic E-state index is -0.472. The van der Waals surface area contributed by atoms with Crippen molar-refractivity contribution in [1.29, 1.82) is 0 Å². The second-order valence-corrected chi connectivity index (χ2v) is 3.69. The van der Waals surface area contributed by atoms with Gasteiger partial charge in [-0.3, -0.25) is 4.79 Å². The molecule has 0 radical (unpaired) electrons. The molecule has 0 aliphatic carbocycles. The molecule has 0 saturated carbocycles. The van der Waals surface area contributed by atoms with Crippen LogP contribution in [0.2, 0.25) is 0 Å². The summed E-state index contributed by atoms with van der Waals surface area (Å²) in [6, 6.07) is 4.36. The van der Waals surface area contributed by atoms with E-state index in [1.54, 1.807) is 6.07 Å². The summed E-state index contributed by atoms with van der Waals surface area (Å²) in [6.45, 7) is 2.59. The monoisotopic (exact) mass is 224 g/mol. The second kappa shape index (κ2) is 6.99. The molecule has 0 aromatic heterocycles. The molecule has 1 aromatic carbocycles. The lowest BCUT2D eigenvalue weighted by Crippen LogP contribution is -2.02. The van der Waals surface area contributed by atoms with Crippen molar-refractivity contribution in [3.8, 4) is 5.75 Å². The van der Waals surface area contributed by atoms with E-state index in [4.69, 9.17) is 4.74 Å². The molecule has 0 saturated heterocycles. The molecule has 1 rings (SSSR count). The highest BCUT2D eigenvalue weighted by atomic mass is 19.1. The third-order valence-electron chi connectivity index (χ3n) is 2.37. The molecular weight excluding hydrogens is 207 g/mol. The summed E-state index contributed by atoms with van der Waals surface area (Å²) in [5, 5.41) is 0. The summed E-state index contributed by atoms with van der Waals surface area (Å²) in [5.74, 6) is -0.394. The second-order valence-electron chi connectivity index (χ2n) is 3.69. The van der Waals surface area contributed by atoms with Crippen molar-refractivity contribution in [3.05, 3.63) is 29.6 Å². The van der Waals surface area contributed by atoms with E-state index in [0.29, 0.717) is 12.9 Å². The number of carbonyl (C=O) groups is 1. The van der Waals surface area contributed by atoms with E-state index in [1.807, 2.05) is 0 Å². The van der Waals surface area contributed by atoms with Gasteiger partial charge < -0.3 is 4.74 Å². The summed E-state index contributed by atoms with van der Waals surface area (Å²) >= 11 is 0. The van der Waals surface area contributed by atoms with Crippen molar-refractivity contribution in [2.75, 3.05) is 6.61 Å². The van der Waals surface area contributed by atoms with Crippen molar-refractivity contribution in [2.24, 2.45) is 0 Å². The van der Waals surface area contributed by atoms with Crippen LogP contribution in [-0.4, -0.2) is 12.9 Å². The molecule has 0 aliphatic rings. The third-order valence-corrected chi connectivity index (χ3v) is 2.37. The van der Waals surface area contributed by atoms with Gasteiger partial charge in [-0.2, -0.15) is 0 Å². The molecule has 88 valence electrons. The summed E-state index contributed by atoms with van der Waals surface area (Å²) in [4.78, 5) is 10.7. The lowest BCUT2D eigenvalue weighted by atomic mass is 10.2. The van der Waals surface area contributed by atoms with Crippen LogP contribution in [-0.2, 0) is 0 Å². The molecule has 0 spiro atoms. The van der Waals surface area contributed by atoms with Gasteiger partial charge >= 0.3 is 0 Å². The lowest BCUT2D eigenvalue weighted by molar-refractivity contribution is 0.111. The van der Waals surface area contributed by atoms with Crippen LogP contribution in [0.3, 0.4) is 0 Å². The van der Waals surface area contributed by atoms with Gasteiger partial charge in [0, 0.05) is 0 Å². The van der Waals surface area contributed by atoms with Gasteiger partial charge in [-0.25, -0.2) is 4.39 Å². The van der Waals surface area contributed by atoms with E-state index in [0.717, 1.165) is 25.7 Å². The number of rotatable bonds is 7. The van der Waals surface area contributed by atoms with E-state index in [1.165, 1.54) is 12.1 Å². The van der Waals surface area contributed by atoms with Gasteiger partial charge in [0.1, 0.15) is 0 Å². The summed E-state index contributed by atoms with van der Waals surface area (Å²) in [7, 11) is 0. The largest absolute Gasteiger partial charge is 0.490 e. The predicted molar refractivity (Wildman–Crippen MR) is 61.4 cm³/mol. The normalized spacial score (nSPS) is 10.1. The zero-order valence-corrected chi connectivity index (χ0v) is 9.54. The zero-order valence-electron chi connectivity index (χ0n) is 9.54. The van der Waals surface area contributed by atoms with Crippen LogP contribution in [0.25, 0.3) is 0 Å². The Labute approximate surface area is 95.4 Å². The predicted octanol–water partition coefficient (Wildman–Crippen LogP) is 3.60. The average Bonchev–Trinajstić information content (AvgIpc) is 2.30. The highest BCUT2D eigenvalue weighted by molar-refractivity contribution is 5.79. The van der Waals surface area contributed by atoms with Crippen LogP contribution in [0.4, 0.5) is 4.39 Å². The fraction of sp³-hybridized carbons (Fsp3) is 0.462. The Morgan fingerprint density at radius 3 is 2.81 bits per heavy atom. The van der Waals surface area contributed by atoms with Gasteiger partial charge in [0.2, 0.25) is 0 Å². The van der Waals surface area contributed by atoms with E-state index in [2.05, 4.69) is 6.92 Å². The summed E-state index contributed by atoms with van der Waals surface area (Å²) in [6.07, 6.45) is 4.88. The SMILES string of the molecule is CCCCCCOc1c(F)cccc1C=O. The fourth-order valence-corrected chi connectivity index (χ4v) is 1.47. The number of unbranched alkanes of at least 4 members (excludes halogenated alkanes) is 3. The van der Waals surface area contributed by atoms with Crippen molar-refractivity contribution < 1.29 is 13.9 Å². The molecule has 2 nitrogen and oxygen atoms in total. The Hall–Kier alpha value is -1.38. The number of carbonyl (C=O) groups excluding carboxylic acids is 1. The minimum absolute atomic E-state index is 0.0778. The number of aldehydes is 1. The van der Waals surface area contributed by atoms with Gasteiger partial charge in [-0.15, -0.1) is 0 Å². The minimum Gasteiger partial charge on any atom is -0.490 e. The van der Waals surface area contributed by atoms with Gasteiger partial charge in [0.05, 0.1) is 12.2 Å². The molecular formula is C13H17FO2. The highest BCUT2D eigenvalue weighted by Gasteiger charge is 2.08. The van der Waals surface area contributed by atoms with Crippen LogP contribution < -0.4 is 4.74 Å². The molecule has 0 atom stereocenters. The first-order valence-corrected chi connectivity index (χ1v) is 5.66. The van der Waals surface area contributed by atoms with Gasteiger partial charge in [0.15, 0.2) is 17.9 Å². The van der Waals surface area contributed by atoms with Crippen molar-refractivity contribution in [1.82, 2.24) is 0 Å². The van der Waals surface area contributed by atoms with Crippen LogP contribution in [0.1, 0.15) is 43.0 Å². The first-order chi connectivity index (χ1) is 7.79. The third kappa shape index (κ3) is 3.65. The lowest BCUT2D eigenvalue weighted by Gasteiger charge is -2.08. The van der Waals surface area contributed by atoms with Crippen LogP contribution in [0, 0.1) is 5.82 Å². The Morgan fingerprint density at radius 2 is 2.12 bits per heavy atom. The van der Waals surface area contributed by atoms with Crippen molar-refractivity contribution >= 4 is 6.29 Å². The van der Waals surface area contributed by atoms with Gasteiger partial charge in [-0.1, -0.05) is 32.3 Å². The molecule has 0 fully saturated rings. The van der Waals surface area contributed by atoms with Crippen LogP contribution in [0.5, 0.6) is 5.75 Å². The number of ether oxygens (including phenoxy) is 1. The number of hydrogen-bond donors (Lipinski definition) is 0. The van der Waals surface area contributed by atoms with E-state index in [-0.39, 0.29) is 11.3 Å². The van der Waals surface area contributed by atoms with Crippen LogP contribution in [0.15, 0.2) is 18.2 Å². The van der Waals surface area contributed by atoms with Crippen molar-refractivity contribution in [3.63, 3.8) is 0 Å². The molecule has 0 heterocycles. The fourth-order valence-electron chi connectivity index (χ4n) is 1.47. The summed E-state index contributed by atoms with van der Waals surface area (Å²) in [5.41, 5.74) is 0.274. The summed E-state index contributed by atoms with van der Waals surface area (Å²) < 4.78 is 18.6.